The molecule has 36 heavy (non-hydrogen) atoms. The predicted octanol–water partition coefficient (Wildman–Crippen LogP) is 5.97. The third-order valence-electron chi connectivity index (χ3n) is 7.24. The number of methoxy groups -OCH3 is 1. The first-order chi connectivity index (χ1) is 17.4. The lowest BCUT2D eigenvalue weighted by Crippen LogP contribution is -2.48. The van der Waals surface area contributed by atoms with Gasteiger partial charge in [0.25, 0.3) is 0 Å². The fourth-order valence-corrected chi connectivity index (χ4v) is 5.43. The van der Waals surface area contributed by atoms with Crippen LogP contribution in [0.25, 0.3) is 10.9 Å². The van der Waals surface area contributed by atoms with Gasteiger partial charge in [-0.3, -0.25) is 9.69 Å². The highest BCUT2D eigenvalue weighted by molar-refractivity contribution is 6.30. The molecule has 5 nitrogen and oxygen atoms in total. The third-order valence-corrected chi connectivity index (χ3v) is 7.48. The van der Waals surface area contributed by atoms with E-state index in [0.717, 1.165) is 65.7 Å². The number of benzene rings is 3. The number of fused-ring (bicyclic) bond motifs is 1. The molecule has 0 unspecified atom stereocenters. The monoisotopic (exact) mass is 501 g/mol. The molecule has 1 saturated heterocycles. The van der Waals surface area contributed by atoms with Crippen molar-refractivity contribution in [1.29, 1.82) is 0 Å². The van der Waals surface area contributed by atoms with Crippen molar-refractivity contribution in [2.24, 2.45) is 0 Å². The zero-order valence-electron chi connectivity index (χ0n) is 21.1. The van der Waals surface area contributed by atoms with Crippen molar-refractivity contribution in [3.8, 4) is 5.75 Å². The first-order valence-corrected chi connectivity index (χ1v) is 12.8. The lowest BCUT2D eigenvalue weighted by molar-refractivity contribution is 0.0927. The molecule has 3 aromatic carbocycles. The van der Waals surface area contributed by atoms with E-state index in [9.17, 15) is 4.79 Å². The maximum atomic E-state index is 13.7. The first kappa shape index (κ1) is 24.4. The number of ketones is 1. The number of rotatable bonds is 7. The number of hydrogen-bond donors (Lipinski definition) is 0. The van der Waals surface area contributed by atoms with E-state index in [1.807, 2.05) is 30.3 Å². The minimum Gasteiger partial charge on any atom is -0.497 e. The van der Waals surface area contributed by atoms with Crippen molar-refractivity contribution in [1.82, 2.24) is 9.47 Å². The molecule has 0 spiro atoms. The van der Waals surface area contributed by atoms with Gasteiger partial charge in [0.1, 0.15) is 5.75 Å². The van der Waals surface area contributed by atoms with Crippen molar-refractivity contribution in [3.05, 3.63) is 94.1 Å². The molecule has 6 heteroatoms. The Kier molecular flexibility index (Phi) is 7.04. The summed E-state index contributed by atoms with van der Waals surface area (Å²) in [6.45, 7) is 8.72. The molecular weight excluding hydrogens is 470 g/mol. The van der Waals surface area contributed by atoms with Gasteiger partial charge in [0, 0.05) is 65.6 Å². The Balaban J connectivity index is 1.38. The molecule has 0 saturated carbocycles. The number of carbonyl (C=O) groups excluding carboxylic acids is 1. The third kappa shape index (κ3) is 4.86. The smallest absolute Gasteiger partial charge is 0.179 e. The fraction of sp³-hybridized carbons (Fsp3) is 0.300. The van der Waals surface area contributed by atoms with Crippen molar-refractivity contribution >= 4 is 34.0 Å². The summed E-state index contributed by atoms with van der Waals surface area (Å²) < 4.78 is 7.75. The number of aromatic nitrogens is 1. The number of nitrogens with zero attached hydrogens (tertiary/aromatic N) is 3. The summed E-state index contributed by atoms with van der Waals surface area (Å²) >= 11 is 6.25. The van der Waals surface area contributed by atoms with Gasteiger partial charge >= 0.3 is 0 Å². The van der Waals surface area contributed by atoms with Gasteiger partial charge < -0.3 is 14.2 Å². The van der Waals surface area contributed by atoms with Crippen LogP contribution >= 0.6 is 11.6 Å². The Morgan fingerprint density at radius 2 is 1.69 bits per heavy atom. The Hall–Kier alpha value is -3.28. The second-order valence-electron chi connectivity index (χ2n) is 9.53. The van der Waals surface area contributed by atoms with Crippen molar-refractivity contribution < 1.29 is 9.53 Å². The topological polar surface area (TPSA) is 37.7 Å². The van der Waals surface area contributed by atoms with Crippen molar-refractivity contribution in [2.45, 2.75) is 20.4 Å². The molecule has 0 atom stereocenters. The second kappa shape index (κ2) is 10.4. The molecule has 186 valence electrons. The van der Waals surface area contributed by atoms with Crippen LogP contribution < -0.4 is 9.64 Å². The molecule has 0 amide bonds. The van der Waals surface area contributed by atoms with E-state index in [4.69, 9.17) is 16.3 Å². The van der Waals surface area contributed by atoms with Gasteiger partial charge in [-0.2, -0.15) is 0 Å². The molecule has 0 bridgehead atoms. The van der Waals surface area contributed by atoms with Gasteiger partial charge in [-0.1, -0.05) is 48.0 Å². The van der Waals surface area contributed by atoms with Gasteiger partial charge in [-0.15, -0.1) is 0 Å². The molecule has 2 heterocycles. The van der Waals surface area contributed by atoms with Crippen molar-refractivity contribution in [3.63, 3.8) is 0 Å². The zero-order chi connectivity index (χ0) is 25.2. The number of hydrogen-bond acceptors (Lipinski definition) is 4. The molecule has 1 aromatic heterocycles. The van der Waals surface area contributed by atoms with Crippen LogP contribution in [0.4, 0.5) is 5.69 Å². The fourth-order valence-electron chi connectivity index (χ4n) is 5.26. The summed E-state index contributed by atoms with van der Waals surface area (Å²) in [7, 11) is 1.66. The lowest BCUT2D eigenvalue weighted by atomic mass is 10.1. The van der Waals surface area contributed by atoms with Crippen LogP contribution in [0, 0.1) is 13.8 Å². The SMILES string of the molecule is COc1ccc2c(c1)c(C(=O)CN1CCN(c3cc(Cl)ccc3C)CC1)c(C)n2Cc1ccccc1. The summed E-state index contributed by atoms with van der Waals surface area (Å²) in [6.07, 6.45) is 0. The van der Waals surface area contributed by atoms with Gasteiger partial charge in [0.15, 0.2) is 5.78 Å². The molecule has 1 aliphatic heterocycles. The van der Waals surface area contributed by atoms with Crippen molar-refractivity contribution in [2.75, 3.05) is 44.7 Å². The van der Waals surface area contributed by atoms with Crippen LogP contribution in [0.15, 0.2) is 66.7 Å². The number of carbonyl (C=O) groups is 1. The van der Waals surface area contributed by atoms with Crippen LogP contribution in [-0.2, 0) is 6.54 Å². The summed E-state index contributed by atoms with van der Waals surface area (Å²) in [5.74, 6) is 0.920. The minimum absolute atomic E-state index is 0.157. The number of aryl methyl sites for hydroxylation is 1. The highest BCUT2D eigenvalue weighted by atomic mass is 35.5. The van der Waals surface area contributed by atoms with Gasteiger partial charge in [-0.05, 0) is 55.3 Å². The molecule has 0 radical (unpaired) electrons. The summed E-state index contributed by atoms with van der Waals surface area (Å²) in [4.78, 5) is 18.4. The maximum absolute atomic E-state index is 13.7. The van der Waals surface area contributed by atoms with E-state index in [2.05, 4.69) is 64.6 Å². The number of anilines is 1. The van der Waals surface area contributed by atoms with Crippen LogP contribution in [-0.4, -0.2) is 55.1 Å². The Bertz CT molecular complexity index is 1390. The van der Waals surface area contributed by atoms with E-state index in [0.29, 0.717) is 6.54 Å². The Morgan fingerprint density at radius 3 is 2.42 bits per heavy atom. The second-order valence-corrected chi connectivity index (χ2v) is 9.97. The summed E-state index contributed by atoms with van der Waals surface area (Å²) in [5.41, 5.74) is 6.47. The number of halogens is 1. The standard InChI is InChI=1S/C30H32ClN3O2/c1-21-9-10-24(31)17-28(21)33-15-13-32(14-16-33)20-29(35)30-22(2)34(19-23-7-5-4-6-8-23)27-12-11-25(36-3)18-26(27)30/h4-12,17-18H,13-16,19-20H2,1-3H3. The minimum atomic E-state index is 0.157. The number of Topliss-reactive ketones (excluding diaryl/α,β-unsaturated/α-hetero) is 1. The highest BCUT2D eigenvalue weighted by Gasteiger charge is 2.25. The van der Waals surface area contributed by atoms with E-state index < -0.39 is 0 Å². The van der Waals surface area contributed by atoms with Gasteiger partial charge in [-0.25, -0.2) is 0 Å². The largest absolute Gasteiger partial charge is 0.497 e. The van der Waals surface area contributed by atoms with Crippen LogP contribution in [0.5, 0.6) is 5.75 Å². The predicted molar refractivity (Wildman–Crippen MR) is 148 cm³/mol. The molecule has 4 aromatic rings. The molecule has 0 aliphatic carbocycles. The van der Waals surface area contributed by atoms with E-state index in [1.54, 1.807) is 7.11 Å². The first-order valence-electron chi connectivity index (χ1n) is 12.4. The molecule has 0 N–H and O–H groups in total. The maximum Gasteiger partial charge on any atom is 0.179 e. The summed E-state index contributed by atoms with van der Waals surface area (Å²) in [5, 5.41) is 1.71. The zero-order valence-corrected chi connectivity index (χ0v) is 21.9. The van der Waals surface area contributed by atoms with Crippen LogP contribution in [0.3, 0.4) is 0 Å². The average Bonchev–Trinajstić information content (AvgIpc) is 3.17. The number of piperazine rings is 1. The van der Waals surface area contributed by atoms with Crippen LogP contribution in [0.2, 0.25) is 5.02 Å². The van der Waals surface area contributed by atoms with E-state index >= 15 is 0 Å². The van der Waals surface area contributed by atoms with Crippen LogP contribution in [0.1, 0.15) is 27.2 Å². The quantitative estimate of drug-likeness (QED) is 0.292. The lowest BCUT2D eigenvalue weighted by Gasteiger charge is -2.36. The molecule has 5 rings (SSSR count). The number of ether oxygens (including phenoxy) is 1. The van der Waals surface area contributed by atoms with E-state index in [1.165, 1.54) is 16.8 Å². The summed E-state index contributed by atoms with van der Waals surface area (Å²) in [6, 6.07) is 22.4. The average molecular weight is 502 g/mol. The Labute approximate surface area is 217 Å². The highest BCUT2D eigenvalue weighted by Crippen LogP contribution is 2.31. The normalized spacial score (nSPS) is 14.4. The molecule has 1 aliphatic rings. The van der Waals surface area contributed by atoms with Gasteiger partial charge in [0.05, 0.1) is 13.7 Å². The Morgan fingerprint density at radius 1 is 0.944 bits per heavy atom. The van der Waals surface area contributed by atoms with E-state index in [-0.39, 0.29) is 5.78 Å². The molecule has 1 fully saturated rings. The molecular formula is C30H32ClN3O2. The van der Waals surface area contributed by atoms with Gasteiger partial charge in [0.2, 0.25) is 0 Å².